The van der Waals surface area contributed by atoms with Gasteiger partial charge in [-0.1, -0.05) is 47.8 Å². The first-order valence-corrected chi connectivity index (χ1v) is 10.9. The Balaban J connectivity index is 1.80. The zero-order chi connectivity index (χ0) is 21.3. The molecule has 0 aromatic heterocycles. The Hall–Kier alpha value is -2.08. The van der Waals surface area contributed by atoms with E-state index in [-0.39, 0.29) is 24.5 Å². The van der Waals surface area contributed by atoms with Gasteiger partial charge < -0.3 is 10.1 Å². The zero-order valence-electron chi connectivity index (χ0n) is 16.8. The second-order valence-corrected chi connectivity index (χ2v) is 8.80. The van der Waals surface area contributed by atoms with E-state index in [2.05, 4.69) is 10.2 Å². The highest BCUT2D eigenvalue weighted by Crippen LogP contribution is 2.47. The van der Waals surface area contributed by atoms with Gasteiger partial charge in [-0.15, -0.1) is 0 Å². The molecule has 5 nitrogen and oxygen atoms in total. The summed E-state index contributed by atoms with van der Waals surface area (Å²) in [5, 5.41) is 4.24. The summed E-state index contributed by atoms with van der Waals surface area (Å²) in [6.07, 6.45) is 3.60. The molecule has 1 heterocycles. The molecule has 0 bridgehead atoms. The van der Waals surface area contributed by atoms with Gasteiger partial charge in [-0.2, -0.15) is 0 Å². The molecule has 1 saturated carbocycles. The minimum absolute atomic E-state index is 0.0885. The molecular formula is C23H24Cl2N2O3. The van der Waals surface area contributed by atoms with Crippen LogP contribution in [0, 0.1) is 0 Å². The molecule has 1 atom stereocenters. The Bertz CT molecular complexity index is 977. The lowest BCUT2D eigenvalue weighted by Crippen LogP contribution is -2.59. The Kier molecular flexibility index (Phi) is 6.05. The number of anilines is 1. The topological polar surface area (TPSA) is 58.6 Å². The number of esters is 1. The number of ether oxygens (including phenoxy) is 1. The second kappa shape index (κ2) is 8.58. The average molecular weight is 447 g/mol. The number of hydrogen-bond acceptors (Lipinski definition) is 4. The van der Waals surface area contributed by atoms with Crippen LogP contribution in [0.2, 0.25) is 10.0 Å². The van der Waals surface area contributed by atoms with Crippen molar-refractivity contribution in [1.82, 2.24) is 4.90 Å². The van der Waals surface area contributed by atoms with Crippen molar-refractivity contribution in [3.8, 4) is 0 Å². The van der Waals surface area contributed by atoms with Crippen molar-refractivity contribution < 1.29 is 14.3 Å². The third-order valence-electron chi connectivity index (χ3n) is 6.04. The van der Waals surface area contributed by atoms with Gasteiger partial charge in [-0.25, -0.2) is 0 Å². The first-order chi connectivity index (χ1) is 14.4. The molecule has 2 aliphatic rings. The Labute approximate surface area is 186 Å². The molecule has 0 radical (unpaired) electrons. The summed E-state index contributed by atoms with van der Waals surface area (Å²) in [5.41, 5.74) is 1.67. The minimum Gasteiger partial charge on any atom is -0.465 e. The molecule has 0 saturated heterocycles. The monoisotopic (exact) mass is 446 g/mol. The number of nitrogens with one attached hydrogen (secondary N) is 1. The molecule has 4 rings (SSSR count). The fourth-order valence-electron chi connectivity index (χ4n) is 4.50. The molecular weight excluding hydrogens is 423 g/mol. The van der Waals surface area contributed by atoms with Crippen molar-refractivity contribution in [3.63, 3.8) is 0 Å². The van der Waals surface area contributed by atoms with Crippen LogP contribution in [0.1, 0.15) is 37.3 Å². The maximum Gasteiger partial charge on any atom is 0.302 e. The van der Waals surface area contributed by atoms with Crippen molar-refractivity contribution in [2.45, 2.75) is 44.2 Å². The zero-order valence-corrected chi connectivity index (χ0v) is 18.3. The van der Waals surface area contributed by atoms with Gasteiger partial charge in [0.15, 0.2) is 0 Å². The van der Waals surface area contributed by atoms with E-state index in [0.717, 1.165) is 36.1 Å². The first-order valence-electron chi connectivity index (χ1n) is 10.2. The highest BCUT2D eigenvalue weighted by atomic mass is 35.5. The van der Waals surface area contributed by atoms with Gasteiger partial charge >= 0.3 is 5.97 Å². The summed E-state index contributed by atoms with van der Waals surface area (Å²) >= 11 is 12.4. The predicted molar refractivity (Wildman–Crippen MR) is 118 cm³/mol. The lowest BCUT2D eigenvalue weighted by atomic mass is 9.78. The molecule has 1 unspecified atom stereocenters. The largest absolute Gasteiger partial charge is 0.465 e. The Morgan fingerprint density at radius 3 is 2.63 bits per heavy atom. The summed E-state index contributed by atoms with van der Waals surface area (Å²) in [7, 11) is 0. The van der Waals surface area contributed by atoms with Crippen LogP contribution >= 0.6 is 23.2 Å². The molecule has 30 heavy (non-hydrogen) atoms. The summed E-state index contributed by atoms with van der Waals surface area (Å²) in [6, 6.07) is 13.4. The number of rotatable bonds is 7. The first kappa shape index (κ1) is 21.2. The Morgan fingerprint density at radius 2 is 1.97 bits per heavy atom. The van der Waals surface area contributed by atoms with Crippen molar-refractivity contribution >= 4 is 40.8 Å². The van der Waals surface area contributed by atoms with Crippen LogP contribution in [0.5, 0.6) is 0 Å². The molecule has 1 aliphatic heterocycles. The molecule has 2 aromatic carbocycles. The van der Waals surface area contributed by atoms with Gasteiger partial charge in [0, 0.05) is 47.2 Å². The van der Waals surface area contributed by atoms with E-state index < -0.39 is 5.54 Å². The summed E-state index contributed by atoms with van der Waals surface area (Å²) in [4.78, 5) is 27.2. The number of fused-ring (bicyclic) bond motifs is 1. The van der Waals surface area contributed by atoms with E-state index in [0.29, 0.717) is 23.0 Å². The Morgan fingerprint density at radius 1 is 1.20 bits per heavy atom. The molecule has 158 valence electrons. The highest BCUT2D eigenvalue weighted by Gasteiger charge is 2.53. The summed E-state index contributed by atoms with van der Waals surface area (Å²) < 4.78 is 5.25. The molecule has 2 aromatic rings. The van der Waals surface area contributed by atoms with Crippen molar-refractivity contribution in [2.24, 2.45) is 0 Å². The number of amides is 1. The van der Waals surface area contributed by atoms with Crippen LogP contribution in [-0.2, 0) is 26.3 Å². The number of carbonyl (C=O) groups is 2. The lowest BCUT2D eigenvalue weighted by Gasteiger charge is -2.48. The van der Waals surface area contributed by atoms with E-state index in [1.54, 1.807) is 6.07 Å². The standard InChI is InChI=1S/C23H24Cl2N2O3/c1-15(28)30-11-10-27(19-6-3-7-19)23(14-16-4-2-5-17(24)12-16)20-9-8-18(25)13-21(20)26-22(23)29/h2,4-5,8-9,12-13,19H,3,6-7,10-11,14H2,1H3,(H,26,29). The number of hydrogen-bond donors (Lipinski definition) is 1. The highest BCUT2D eigenvalue weighted by molar-refractivity contribution is 6.31. The molecule has 1 fully saturated rings. The van der Waals surface area contributed by atoms with Gasteiger partial charge in [0.05, 0.1) is 0 Å². The summed E-state index contributed by atoms with van der Waals surface area (Å²) in [6.45, 7) is 2.11. The van der Waals surface area contributed by atoms with Gasteiger partial charge in [0.1, 0.15) is 12.1 Å². The molecule has 1 N–H and O–H groups in total. The van der Waals surface area contributed by atoms with Gasteiger partial charge in [-0.3, -0.25) is 14.5 Å². The van der Waals surface area contributed by atoms with Crippen LogP contribution in [0.15, 0.2) is 42.5 Å². The fraction of sp³-hybridized carbons (Fsp3) is 0.391. The number of carbonyl (C=O) groups excluding carboxylic acids is 2. The quantitative estimate of drug-likeness (QED) is 0.620. The number of halogens is 2. The SMILES string of the molecule is CC(=O)OCCN(C1CCC1)C1(Cc2cccc(Cl)c2)C(=O)Nc2cc(Cl)ccc21. The predicted octanol–water partition coefficient (Wildman–Crippen LogP) is 4.80. The van der Waals surface area contributed by atoms with Gasteiger partial charge in [-0.05, 0) is 42.7 Å². The minimum atomic E-state index is -0.921. The number of nitrogens with zero attached hydrogens (tertiary/aromatic N) is 1. The third kappa shape index (κ3) is 3.94. The van der Waals surface area contributed by atoms with E-state index in [1.165, 1.54) is 6.92 Å². The fourth-order valence-corrected chi connectivity index (χ4v) is 4.89. The van der Waals surface area contributed by atoms with Gasteiger partial charge in [0.25, 0.3) is 0 Å². The number of benzene rings is 2. The van der Waals surface area contributed by atoms with Crippen molar-refractivity contribution in [2.75, 3.05) is 18.5 Å². The van der Waals surface area contributed by atoms with E-state index >= 15 is 0 Å². The molecule has 7 heteroatoms. The van der Waals surface area contributed by atoms with E-state index in [4.69, 9.17) is 27.9 Å². The smallest absolute Gasteiger partial charge is 0.302 e. The van der Waals surface area contributed by atoms with Crippen LogP contribution in [0.4, 0.5) is 5.69 Å². The van der Waals surface area contributed by atoms with Gasteiger partial charge in [0.2, 0.25) is 5.91 Å². The maximum atomic E-state index is 13.6. The van der Waals surface area contributed by atoms with Crippen LogP contribution in [0.25, 0.3) is 0 Å². The molecule has 1 amide bonds. The van der Waals surface area contributed by atoms with Crippen LogP contribution in [-0.4, -0.2) is 36.0 Å². The average Bonchev–Trinajstić information content (AvgIpc) is 2.90. The second-order valence-electron chi connectivity index (χ2n) is 7.93. The third-order valence-corrected chi connectivity index (χ3v) is 6.51. The summed E-state index contributed by atoms with van der Waals surface area (Å²) in [5.74, 6) is -0.412. The van der Waals surface area contributed by atoms with E-state index in [1.807, 2.05) is 36.4 Å². The lowest BCUT2D eigenvalue weighted by molar-refractivity contribution is -0.143. The van der Waals surface area contributed by atoms with Crippen LogP contribution in [0.3, 0.4) is 0 Å². The normalized spacial score (nSPS) is 20.6. The van der Waals surface area contributed by atoms with Crippen molar-refractivity contribution in [3.05, 3.63) is 63.6 Å². The van der Waals surface area contributed by atoms with Crippen molar-refractivity contribution in [1.29, 1.82) is 0 Å². The maximum absolute atomic E-state index is 13.6. The molecule has 1 aliphatic carbocycles. The molecule has 0 spiro atoms. The van der Waals surface area contributed by atoms with Crippen LogP contribution < -0.4 is 5.32 Å². The van der Waals surface area contributed by atoms with E-state index in [9.17, 15) is 9.59 Å².